The van der Waals surface area contributed by atoms with E-state index in [0.717, 1.165) is 12.0 Å². The van der Waals surface area contributed by atoms with Crippen LogP contribution in [0.2, 0.25) is 0 Å². The number of nitrogens with one attached hydrogen (secondary N) is 1. The molecule has 0 spiro atoms. The van der Waals surface area contributed by atoms with E-state index in [1.54, 1.807) is 6.07 Å². The molecular weight excluding hydrogens is 318 g/mol. The predicted molar refractivity (Wildman–Crippen MR) is 97.0 cm³/mol. The molecule has 5 nitrogen and oxygen atoms in total. The Balaban J connectivity index is 1.67. The number of amides is 1. The molecule has 0 aliphatic rings. The van der Waals surface area contributed by atoms with Crippen LogP contribution in [0, 0.1) is 6.92 Å². The number of carboxylic acids is 1. The number of carboxylic acid groups (broad SMARTS) is 1. The molecule has 2 aromatic rings. The van der Waals surface area contributed by atoms with Crippen LogP contribution >= 0.6 is 0 Å². The molecule has 25 heavy (non-hydrogen) atoms. The highest BCUT2D eigenvalue weighted by molar-refractivity contribution is 5.94. The average molecular weight is 341 g/mol. The van der Waals surface area contributed by atoms with Gasteiger partial charge in [0, 0.05) is 18.7 Å². The second-order valence-corrected chi connectivity index (χ2v) is 5.83. The molecule has 0 radical (unpaired) electrons. The Hall–Kier alpha value is -2.66. The molecule has 0 heterocycles. The van der Waals surface area contributed by atoms with Gasteiger partial charge in [0.15, 0.2) is 0 Å². The van der Waals surface area contributed by atoms with Crippen LogP contribution in [0.3, 0.4) is 0 Å². The maximum Gasteiger partial charge on any atom is 0.335 e. The summed E-state index contributed by atoms with van der Waals surface area (Å²) in [5.74, 6) is -1.15. The van der Waals surface area contributed by atoms with E-state index in [-0.39, 0.29) is 11.5 Å². The Bertz CT molecular complexity index is 713. The van der Waals surface area contributed by atoms with Gasteiger partial charge in [0.05, 0.1) is 12.2 Å². The van der Waals surface area contributed by atoms with Crippen LogP contribution in [0.5, 0.6) is 0 Å². The first-order valence-corrected chi connectivity index (χ1v) is 8.32. The highest BCUT2D eigenvalue weighted by atomic mass is 16.5. The third-order valence-electron chi connectivity index (χ3n) is 3.83. The van der Waals surface area contributed by atoms with Crippen LogP contribution in [-0.2, 0) is 16.0 Å². The third kappa shape index (κ3) is 6.39. The van der Waals surface area contributed by atoms with Crippen molar-refractivity contribution in [1.82, 2.24) is 0 Å². The lowest BCUT2D eigenvalue weighted by Crippen LogP contribution is -2.14. The summed E-state index contributed by atoms with van der Waals surface area (Å²) in [7, 11) is 0. The highest BCUT2D eigenvalue weighted by Gasteiger charge is 2.09. The van der Waals surface area contributed by atoms with Crippen molar-refractivity contribution < 1.29 is 19.4 Å². The van der Waals surface area contributed by atoms with E-state index in [2.05, 4.69) is 17.4 Å². The first-order chi connectivity index (χ1) is 12.1. The largest absolute Gasteiger partial charge is 0.478 e. The van der Waals surface area contributed by atoms with Crippen molar-refractivity contribution in [1.29, 1.82) is 0 Å². The third-order valence-corrected chi connectivity index (χ3v) is 3.83. The van der Waals surface area contributed by atoms with E-state index in [9.17, 15) is 9.59 Å². The molecule has 5 heteroatoms. The number of aromatic carboxylic acids is 1. The van der Waals surface area contributed by atoms with Crippen LogP contribution in [0.4, 0.5) is 5.69 Å². The number of benzene rings is 2. The zero-order valence-electron chi connectivity index (χ0n) is 14.3. The van der Waals surface area contributed by atoms with Crippen molar-refractivity contribution in [3.05, 3.63) is 65.2 Å². The van der Waals surface area contributed by atoms with Gasteiger partial charge in [0.2, 0.25) is 5.91 Å². The Morgan fingerprint density at radius 2 is 1.84 bits per heavy atom. The number of hydrogen-bond donors (Lipinski definition) is 2. The molecule has 0 fully saturated rings. The van der Waals surface area contributed by atoms with Crippen molar-refractivity contribution in [3.63, 3.8) is 0 Å². The van der Waals surface area contributed by atoms with E-state index in [0.29, 0.717) is 31.7 Å². The predicted octanol–water partition coefficient (Wildman–Crippen LogP) is 3.67. The normalized spacial score (nSPS) is 10.4. The molecule has 0 aliphatic carbocycles. The monoisotopic (exact) mass is 341 g/mol. The number of carbonyl (C=O) groups excluding carboxylic acids is 1. The van der Waals surface area contributed by atoms with Gasteiger partial charge in [-0.15, -0.1) is 0 Å². The number of carbonyl (C=O) groups is 2. The summed E-state index contributed by atoms with van der Waals surface area (Å²) in [5.41, 5.74) is 2.76. The Morgan fingerprint density at radius 3 is 2.56 bits per heavy atom. The van der Waals surface area contributed by atoms with Gasteiger partial charge in [-0.2, -0.15) is 0 Å². The number of rotatable bonds is 9. The summed E-state index contributed by atoms with van der Waals surface area (Å²) < 4.78 is 5.55. The van der Waals surface area contributed by atoms with E-state index >= 15 is 0 Å². The van der Waals surface area contributed by atoms with Crippen molar-refractivity contribution in [2.75, 3.05) is 18.5 Å². The van der Waals surface area contributed by atoms with Crippen LogP contribution in [0.1, 0.15) is 34.3 Å². The summed E-state index contributed by atoms with van der Waals surface area (Å²) >= 11 is 0. The van der Waals surface area contributed by atoms with Crippen molar-refractivity contribution in [3.8, 4) is 0 Å². The highest BCUT2D eigenvalue weighted by Crippen LogP contribution is 2.17. The van der Waals surface area contributed by atoms with Gasteiger partial charge in [-0.1, -0.05) is 36.4 Å². The second kappa shape index (κ2) is 9.59. The Kier molecular flexibility index (Phi) is 7.16. The summed E-state index contributed by atoms with van der Waals surface area (Å²) in [5, 5.41) is 11.8. The molecule has 1 amide bonds. The minimum atomic E-state index is -1.01. The van der Waals surface area contributed by atoms with Crippen LogP contribution in [0.25, 0.3) is 0 Å². The minimum absolute atomic E-state index is 0.141. The van der Waals surface area contributed by atoms with E-state index in [4.69, 9.17) is 9.84 Å². The quantitative estimate of drug-likeness (QED) is 0.682. The molecule has 0 unspecified atom stereocenters. The number of aryl methyl sites for hydroxylation is 1. The lowest BCUT2D eigenvalue weighted by Gasteiger charge is -2.09. The Morgan fingerprint density at radius 1 is 1.08 bits per heavy atom. The van der Waals surface area contributed by atoms with Gasteiger partial charge in [-0.25, -0.2) is 4.79 Å². The molecule has 0 saturated carbocycles. The molecule has 0 bridgehead atoms. The van der Waals surface area contributed by atoms with Gasteiger partial charge < -0.3 is 15.2 Å². The lowest BCUT2D eigenvalue weighted by molar-refractivity contribution is -0.116. The van der Waals surface area contributed by atoms with E-state index in [1.165, 1.54) is 17.7 Å². The van der Waals surface area contributed by atoms with Crippen molar-refractivity contribution >= 4 is 17.6 Å². The lowest BCUT2D eigenvalue weighted by atomic mass is 10.1. The summed E-state index contributed by atoms with van der Waals surface area (Å²) in [6, 6.07) is 14.8. The summed E-state index contributed by atoms with van der Waals surface area (Å²) in [4.78, 5) is 23.0. The van der Waals surface area contributed by atoms with Crippen LogP contribution in [-0.4, -0.2) is 30.2 Å². The van der Waals surface area contributed by atoms with Crippen LogP contribution in [0.15, 0.2) is 48.5 Å². The molecule has 132 valence electrons. The maximum absolute atomic E-state index is 12.0. The van der Waals surface area contributed by atoms with E-state index in [1.807, 2.05) is 25.1 Å². The van der Waals surface area contributed by atoms with Gasteiger partial charge in [-0.3, -0.25) is 4.79 Å². The van der Waals surface area contributed by atoms with Gasteiger partial charge in [0.25, 0.3) is 0 Å². The maximum atomic E-state index is 12.0. The molecule has 2 rings (SSSR count). The second-order valence-electron chi connectivity index (χ2n) is 5.83. The topological polar surface area (TPSA) is 75.6 Å². The minimum Gasteiger partial charge on any atom is -0.478 e. The Labute approximate surface area is 147 Å². The van der Waals surface area contributed by atoms with Gasteiger partial charge >= 0.3 is 5.97 Å². The van der Waals surface area contributed by atoms with E-state index < -0.39 is 5.97 Å². The summed E-state index contributed by atoms with van der Waals surface area (Å²) in [6.07, 6.45) is 1.81. The van der Waals surface area contributed by atoms with Crippen LogP contribution < -0.4 is 5.32 Å². The molecule has 0 aromatic heterocycles. The zero-order valence-corrected chi connectivity index (χ0v) is 14.3. The first kappa shape index (κ1) is 18.7. The fourth-order valence-electron chi connectivity index (χ4n) is 2.37. The molecule has 2 aromatic carbocycles. The van der Waals surface area contributed by atoms with Crippen molar-refractivity contribution in [2.24, 2.45) is 0 Å². The number of ether oxygens (including phenoxy) is 1. The molecule has 0 aliphatic heterocycles. The number of anilines is 1. The molecular formula is C20H23NO4. The number of hydrogen-bond acceptors (Lipinski definition) is 3. The SMILES string of the molecule is Cc1ccc(C(=O)O)cc1NC(=O)CCCOCCc1ccccc1. The van der Waals surface area contributed by atoms with Crippen molar-refractivity contribution in [2.45, 2.75) is 26.2 Å². The fourth-order valence-corrected chi connectivity index (χ4v) is 2.37. The first-order valence-electron chi connectivity index (χ1n) is 8.32. The molecule has 0 saturated heterocycles. The molecule has 0 atom stereocenters. The molecule has 2 N–H and O–H groups in total. The zero-order chi connectivity index (χ0) is 18.1. The smallest absolute Gasteiger partial charge is 0.335 e. The fraction of sp³-hybridized carbons (Fsp3) is 0.300. The van der Waals surface area contributed by atoms with Gasteiger partial charge in [-0.05, 0) is 43.0 Å². The summed E-state index contributed by atoms with van der Waals surface area (Å²) in [6.45, 7) is 2.98. The van der Waals surface area contributed by atoms with Gasteiger partial charge in [0.1, 0.15) is 0 Å². The average Bonchev–Trinajstić information content (AvgIpc) is 2.60. The standard InChI is InChI=1S/C20H23NO4/c1-15-9-10-17(20(23)24)14-18(15)21-19(22)8-5-12-25-13-11-16-6-3-2-4-7-16/h2-4,6-7,9-10,14H,5,8,11-13H2,1H3,(H,21,22)(H,23,24).